The summed E-state index contributed by atoms with van der Waals surface area (Å²) in [6, 6.07) is 10.2. The van der Waals surface area contributed by atoms with E-state index in [4.69, 9.17) is 33.0 Å². The van der Waals surface area contributed by atoms with Gasteiger partial charge in [0.15, 0.2) is 11.9 Å². The number of nitrogens with zero attached hydrogens (tertiary/aromatic N) is 4. The highest BCUT2D eigenvalue weighted by Gasteiger charge is 2.33. The number of phenolic OH excluding ortho intramolecular Hbond substituents is 1. The Morgan fingerprint density at radius 2 is 1.74 bits per heavy atom. The molecule has 238 valence electrons. The van der Waals surface area contributed by atoms with E-state index < -0.39 is 30.6 Å². The number of aliphatic carboxylic acids is 1. The summed E-state index contributed by atoms with van der Waals surface area (Å²) in [5, 5.41) is 21.3. The number of urea groups is 1. The maximum Gasteiger partial charge on any atom is 0.410 e. The Hall–Kier alpha value is -5.04. The second-order valence-electron chi connectivity index (χ2n) is 10.2. The van der Waals surface area contributed by atoms with Crippen LogP contribution >= 0.6 is 23.2 Å². The Bertz CT molecular complexity index is 1690. The molecule has 4 rings (SSSR count). The van der Waals surface area contributed by atoms with Crippen molar-refractivity contribution in [1.29, 1.82) is 0 Å². The Morgan fingerprint density at radius 1 is 1.07 bits per heavy atom. The first-order valence-electron chi connectivity index (χ1n) is 14.2. The number of anilines is 1. The Kier molecular flexibility index (Phi) is 12.0. The lowest BCUT2D eigenvalue weighted by atomic mass is 10.0. The molecule has 46 heavy (non-hydrogen) atoms. The first kappa shape index (κ1) is 33.8. The number of carbonyl (C=O) groups is 4. The van der Waals surface area contributed by atoms with Crippen LogP contribution in [0.1, 0.15) is 24.0 Å². The van der Waals surface area contributed by atoms with Gasteiger partial charge in [-0.05, 0) is 72.2 Å². The molecule has 2 heterocycles. The molecule has 0 unspecified atom stereocenters. The van der Waals surface area contributed by atoms with Crippen molar-refractivity contribution in [1.82, 2.24) is 9.80 Å². The van der Waals surface area contributed by atoms with E-state index >= 15 is 0 Å². The number of allylic oxidation sites excluding steroid dienone is 2. The third-order valence-corrected chi connectivity index (χ3v) is 7.74. The Morgan fingerprint density at radius 3 is 2.43 bits per heavy atom. The summed E-state index contributed by atoms with van der Waals surface area (Å²) in [6.07, 6.45) is 2.08. The van der Waals surface area contributed by atoms with Gasteiger partial charge in [-0.2, -0.15) is 4.99 Å². The Labute approximate surface area is 274 Å². The molecule has 1 fully saturated rings. The maximum absolute atomic E-state index is 13.2. The third-order valence-electron chi connectivity index (χ3n) is 7.16. The first-order valence-corrected chi connectivity index (χ1v) is 14.9. The van der Waals surface area contributed by atoms with Crippen LogP contribution in [0.5, 0.6) is 5.75 Å². The van der Waals surface area contributed by atoms with E-state index in [1.807, 2.05) is 24.3 Å². The minimum Gasteiger partial charge on any atom is -0.505 e. The molecule has 12 nitrogen and oxygen atoms in total. The number of carboxylic acid groups (broad SMARTS) is 1. The zero-order valence-electron chi connectivity index (χ0n) is 24.4. The van der Waals surface area contributed by atoms with Crippen molar-refractivity contribution in [2.24, 2.45) is 9.98 Å². The number of halogens is 2. The third kappa shape index (κ3) is 9.48. The van der Waals surface area contributed by atoms with Crippen molar-refractivity contribution in [2.45, 2.75) is 37.8 Å². The minimum atomic E-state index is -1.38. The predicted octanol–water partition coefficient (Wildman–Crippen LogP) is 4.67. The van der Waals surface area contributed by atoms with E-state index in [0.29, 0.717) is 44.5 Å². The van der Waals surface area contributed by atoms with Crippen LogP contribution in [0.2, 0.25) is 10.0 Å². The molecule has 1 saturated heterocycles. The van der Waals surface area contributed by atoms with Crippen LogP contribution in [0.3, 0.4) is 0 Å². The fourth-order valence-electron chi connectivity index (χ4n) is 4.89. The minimum absolute atomic E-state index is 0.0409. The average Bonchev–Trinajstić information content (AvgIpc) is 3.20. The zero-order valence-corrected chi connectivity index (χ0v) is 25.9. The van der Waals surface area contributed by atoms with Crippen molar-refractivity contribution >= 4 is 64.6 Å². The molecule has 0 bridgehead atoms. The molecular formula is C32H29Cl2N5O7. The maximum atomic E-state index is 13.2. The number of carbonyl (C=O) groups excluding carboxylic acids is 3. The SMILES string of the molecule is O=C(O)CN=C=C=CC=C=C=NC(=O)[C@@H](Cc1cc(Cl)c(O)c(Cl)c1)OC(=O)N1CCC(N2CCc3ccccc3NC2=O)CC1. The monoisotopic (exact) mass is 665 g/mol. The summed E-state index contributed by atoms with van der Waals surface area (Å²) in [7, 11) is 0. The van der Waals surface area contributed by atoms with Crippen LogP contribution in [-0.2, 0) is 27.2 Å². The molecule has 2 aliphatic rings. The fourth-order valence-corrected chi connectivity index (χ4v) is 5.43. The Balaban J connectivity index is 1.42. The topological polar surface area (TPSA) is 161 Å². The first-order chi connectivity index (χ1) is 22.1. The molecule has 1 atom stereocenters. The van der Waals surface area contributed by atoms with Crippen LogP contribution < -0.4 is 5.32 Å². The highest BCUT2D eigenvalue weighted by atomic mass is 35.5. The van der Waals surface area contributed by atoms with Gasteiger partial charge in [0.25, 0.3) is 5.91 Å². The van der Waals surface area contributed by atoms with E-state index in [1.165, 1.54) is 29.2 Å². The molecule has 0 saturated carbocycles. The molecule has 2 aromatic rings. The number of likely N-dealkylation sites (tertiary alicyclic amines) is 1. The summed E-state index contributed by atoms with van der Waals surface area (Å²) in [6.45, 7) is 0.715. The lowest BCUT2D eigenvalue weighted by molar-refractivity contribution is -0.135. The lowest BCUT2D eigenvalue weighted by Gasteiger charge is -2.37. The number of nitrogens with one attached hydrogen (secondary N) is 1. The van der Waals surface area contributed by atoms with Gasteiger partial charge in [-0.1, -0.05) is 41.4 Å². The van der Waals surface area contributed by atoms with E-state index in [-0.39, 0.29) is 34.3 Å². The number of fused-ring (bicyclic) bond motifs is 1. The number of para-hydroxylation sites is 1. The van der Waals surface area contributed by atoms with Gasteiger partial charge in [-0.15, -0.1) is 0 Å². The molecule has 4 amide bonds. The van der Waals surface area contributed by atoms with Crippen molar-refractivity contribution in [2.75, 3.05) is 31.5 Å². The van der Waals surface area contributed by atoms with Crippen molar-refractivity contribution in [3.8, 4) is 5.75 Å². The highest BCUT2D eigenvalue weighted by molar-refractivity contribution is 6.37. The molecule has 2 aromatic carbocycles. The largest absolute Gasteiger partial charge is 0.505 e. The second kappa shape index (κ2) is 16.3. The van der Waals surface area contributed by atoms with Crippen molar-refractivity contribution < 1.29 is 34.1 Å². The number of aromatic hydroxyl groups is 1. The number of piperidine rings is 1. The van der Waals surface area contributed by atoms with E-state index in [1.54, 1.807) is 4.90 Å². The molecule has 0 spiro atoms. The fraction of sp³-hybridized carbons (Fsp3) is 0.312. The number of hydrogen-bond donors (Lipinski definition) is 3. The standard InChI is InChI=1S/C32H29Cl2N5O7/c33-24-17-21(18-25(34)29(24)42)19-27(30(43)36-13-6-2-1-5-12-35-20-28(40)41)46-32(45)38-14-10-23(11-15-38)39-16-9-22-7-3-4-8-26(22)37-31(39)44/h1-4,7-8,17-18,23,27,42H,9-11,14-16,19-20H2,(H,37,44)(H,40,41)/t27-/m1/s1. The lowest BCUT2D eigenvalue weighted by Crippen LogP contribution is -2.50. The summed E-state index contributed by atoms with van der Waals surface area (Å²) in [5.74, 6) is 2.31. The van der Waals surface area contributed by atoms with Gasteiger partial charge >= 0.3 is 18.1 Å². The van der Waals surface area contributed by atoms with Crippen molar-refractivity contribution in [3.63, 3.8) is 0 Å². The van der Waals surface area contributed by atoms with Crippen LogP contribution in [0.25, 0.3) is 0 Å². The smallest absolute Gasteiger partial charge is 0.410 e. The van der Waals surface area contributed by atoms with Crippen LogP contribution in [0, 0.1) is 0 Å². The van der Waals surface area contributed by atoms with E-state index in [2.05, 4.69) is 38.5 Å². The molecule has 0 aromatic heterocycles. The van der Waals surface area contributed by atoms with Gasteiger partial charge < -0.3 is 30.1 Å². The quantitative estimate of drug-likeness (QED) is 0.210. The van der Waals surface area contributed by atoms with Crippen LogP contribution in [0.4, 0.5) is 15.3 Å². The van der Waals surface area contributed by atoms with Gasteiger partial charge in [0.05, 0.1) is 10.0 Å². The number of ether oxygens (including phenoxy) is 1. The molecular weight excluding hydrogens is 637 g/mol. The van der Waals surface area contributed by atoms with Gasteiger partial charge in [0.1, 0.15) is 6.54 Å². The number of amides is 4. The van der Waals surface area contributed by atoms with E-state index in [0.717, 1.165) is 11.3 Å². The second-order valence-corrected chi connectivity index (χ2v) is 11.1. The summed E-state index contributed by atoms with van der Waals surface area (Å²) in [5.41, 5.74) is 7.22. The van der Waals surface area contributed by atoms with Crippen LogP contribution in [0.15, 0.2) is 70.0 Å². The van der Waals surface area contributed by atoms with Gasteiger partial charge in [-0.3, -0.25) is 9.59 Å². The zero-order chi connectivity index (χ0) is 33.1. The molecule has 3 N–H and O–H groups in total. The highest BCUT2D eigenvalue weighted by Crippen LogP contribution is 2.33. The molecule has 0 aliphatic carbocycles. The van der Waals surface area contributed by atoms with Gasteiger partial charge in [0.2, 0.25) is 0 Å². The number of carboxylic acids is 1. The van der Waals surface area contributed by atoms with Crippen LogP contribution in [-0.4, -0.2) is 94.1 Å². The number of aliphatic imine (C=N–C) groups is 2. The van der Waals surface area contributed by atoms with Gasteiger partial charge in [-0.25, -0.2) is 14.6 Å². The number of rotatable bonds is 8. The van der Waals surface area contributed by atoms with E-state index in [9.17, 15) is 24.3 Å². The van der Waals surface area contributed by atoms with Crippen molar-refractivity contribution in [3.05, 3.63) is 81.2 Å². The number of hydrogen-bond acceptors (Lipinski definition) is 7. The summed E-state index contributed by atoms with van der Waals surface area (Å²) in [4.78, 5) is 60.0. The number of benzene rings is 2. The average molecular weight is 667 g/mol. The summed E-state index contributed by atoms with van der Waals surface area (Å²) >= 11 is 12.1. The van der Waals surface area contributed by atoms with Gasteiger partial charge in [0, 0.05) is 49.5 Å². The molecule has 0 radical (unpaired) electrons. The molecule has 2 aliphatic heterocycles. The number of phenols is 1. The summed E-state index contributed by atoms with van der Waals surface area (Å²) < 4.78 is 5.61. The predicted molar refractivity (Wildman–Crippen MR) is 171 cm³/mol. The molecule has 14 heteroatoms. The normalized spacial score (nSPS) is 14.9.